The third-order valence-electron chi connectivity index (χ3n) is 5.93. The van der Waals surface area contributed by atoms with E-state index >= 15 is 0 Å². The van der Waals surface area contributed by atoms with Crippen molar-refractivity contribution >= 4 is 23.4 Å². The normalized spacial score (nSPS) is 22.0. The molecule has 1 aliphatic carbocycles. The standard InChI is InChI=1S/C22H30N4O3.C4H8/c1-21(2,3)12-18(27)25(5)14-19(28)26-15-22(4,11-17(26)13-23)20(29)24-16-9-7-6-8-10-16;1-4-2-3-4/h6-10,17H,11-12,14-15H2,1-5H3,(H,24,29);4H,2-3H2,1H3. The third kappa shape index (κ3) is 8.20. The Labute approximate surface area is 198 Å². The average molecular weight is 455 g/mol. The number of amides is 3. The number of benzene rings is 1. The fourth-order valence-corrected chi connectivity index (χ4v) is 3.57. The third-order valence-corrected chi connectivity index (χ3v) is 5.93. The molecule has 2 unspecified atom stereocenters. The summed E-state index contributed by atoms with van der Waals surface area (Å²) in [6.07, 6.45) is 3.56. The van der Waals surface area contributed by atoms with Gasteiger partial charge in [0.2, 0.25) is 17.7 Å². The van der Waals surface area contributed by atoms with E-state index in [1.807, 2.05) is 39.0 Å². The molecule has 2 atom stereocenters. The molecule has 2 aliphatic rings. The van der Waals surface area contributed by atoms with Gasteiger partial charge in [-0.25, -0.2) is 0 Å². The SMILES string of the molecule is CC1CC1.CN(CC(=O)N1CC(C)(C(=O)Nc2ccccc2)CC1C#N)C(=O)CC(C)(C)C. The molecule has 1 aromatic rings. The highest BCUT2D eigenvalue weighted by Crippen LogP contribution is 2.36. The van der Waals surface area contributed by atoms with E-state index in [-0.39, 0.29) is 42.6 Å². The maximum absolute atomic E-state index is 12.8. The minimum Gasteiger partial charge on any atom is -0.336 e. The van der Waals surface area contributed by atoms with Gasteiger partial charge >= 0.3 is 0 Å². The van der Waals surface area contributed by atoms with Gasteiger partial charge in [0.1, 0.15) is 6.04 Å². The van der Waals surface area contributed by atoms with Crippen LogP contribution >= 0.6 is 0 Å². The van der Waals surface area contributed by atoms with Crippen LogP contribution < -0.4 is 5.32 Å². The van der Waals surface area contributed by atoms with Gasteiger partial charge in [0, 0.05) is 25.7 Å². The number of likely N-dealkylation sites (tertiary alicyclic amines) is 1. The van der Waals surface area contributed by atoms with E-state index in [0.717, 1.165) is 5.92 Å². The zero-order valence-corrected chi connectivity index (χ0v) is 20.9. The van der Waals surface area contributed by atoms with E-state index in [2.05, 4.69) is 18.3 Å². The molecule has 0 bridgehead atoms. The Balaban J connectivity index is 0.000000866. The molecule has 180 valence electrons. The summed E-state index contributed by atoms with van der Waals surface area (Å²) in [5.74, 6) is 0.414. The maximum atomic E-state index is 12.8. The van der Waals surface area contributed by atoms with E-state index in [1.54, 1.807) is 26.1 Å². The van der Waals surface area contributed by atoms with E-state index in [1.165, 1.54) is 22.6 Å². The van der Waals surface area contributed by atoms with Gasteiger partial charge in [-0.2, -0.15) is 5.26 Å². The van der Waals surface area contributed by atoms with Crippen LogP contribution in [-0.2, 0) is 14.4 Å². The summed E-state index contributed by atoms with van der Waals surface area (Å²) in [6, 6.07) is 10.5. The molecule has 1 aliphatic heterocycles. The Bertz CT molecular complexity index is 883. The van der Waals surface area contributed by atoms with Crippen molar-refractivity contribution in [1.29, 1.82) is 5.26 Å². The predicted molar refractivity (Wildman–Crippen MR) is 129 cm³/mol. The van der Waals surface area contributed by atoms with E-state index in [9.17, 15) is 19.6 Å². The average Bonchev–Trinajstić information content (AvgIpc) is 3.43. The lowest BCUT2D eigenvalue weighted by molar-refractivity contribution is -0.140. The number of nitriles is 1. The maximum Gasteiger partial charge on any atom is 0.243 e. The first-order valence-corrected chi connectivity index (χ1v) is 11.6. The fourth-order valence-electron chi connectivity index (χ4n) is 3.57. The number of nitrogens with zero attached hydrogens (tertiary/aromatic N) is 3. The van der Waals surface area contributed by atoms with Gasteiger partial charge in [-0.15, -0.1) is 0 Å². The fraction of sp³-hybridized carbons (Fsp3) is 0.615. The van der Waals surface area contributed by atoms with Crippen molar-refractivity contribution in [3.8, 4) is 6.07 Å². The van der Waals surface area contributed by atoms with Gasteiger partial charge in [-0.3, -0.25) is 14.4 Å². The summed E-state index contributed by atoms with van der Waals surface area (Å²) >= 11 is 0. The van der Waals surface area contributed by atoms with Crippen LogP contribution in [0.3, 0.4) is 0 Å². The van der Waals surface area contributed by atoms with Crippen molar-refractivity contribution in [2.75, 3.05) is 25.5 Å². The molecular formula is C26H38N4O3. The molecule has 1 saturated carbocycles. The summed E-state index contributed by atoms with van der Waals surface area (Å²) in [6.45, 7) is 9.96. The van der Waals surface area contributed by atoms with Crippen molar-refractivity contribution < 1.29 is 14.4 Å². The van der Waals surface area contributed by atoms with Crippen LogP contribution in [0.1, 0.15) is 60.3 Å². The molecule has 3 amide bonds. The Kier molecular flexibility index (Phi) is 8.65. The monoisotopic (exact) mass is 454 g/mol. The second kappa shape index (κ2) is 10.8. The minimum atomic E-state index is -0.875. The number of anilines is 1. The topological polar surface area (TPSA) is 93.5 Å². The first kappa shape index (κ1) is 26.4. The van der Waals surface area contributed by atoms with Crippen LogP contribution in [0, 0.1) is 28.1 Å². The van der Waals surface area contributed by atoms with Gasteiger partial charge < -0.3 is 15.1 Å². The predicted octanol–water partition coefficient (Wildman–Crippen LogP) is 4.07. The molecule has 0 aromatic heterocycles. The second-order valence-corrected chi connectivity index (χ2v) is 10.9. The Hall–Kier alpha value is -2.88. The van der Waals surface area contributed by atoms with E-state index in [4.69, 9.17) is 0 Å². The van der Waals surface area contributed by atoms with E-state index in [0.29, 0.717) is 12.1 Å². The first-order chi connectivity index (χ1) is 15.3. The molecule has 1 N–H and O–H groups in total. The molecule has 2 fully saturated rings. The van der Waals surface area contributed by atoms with Crippen molar-refractivity contribution in [1.82, 2.24) is 9.80 Å². The number of hydrogen-bond acceptors (Lipinski definition) is 4. The van der Waals surface area contributed by atoms with Gasteiger partial charge in [0.05, 0.1) is 18.0 Å². The Morgan fingerprint density at radius 3 is 2.27 bits per heavy atom. The number of nitrogens with one attached hydrogen (secondary N) is 1. The van der Waals surface area contributed by atoms with Crippen LogP contribution in [0.2, 0.25) is 0 Å². The molecule has 7 nitrogen and oxygen atoms in total. The lowest BCUT2D eigenvalue weighted by Crippen LogP contribution is -2.45. The van der Waals surface area contributed by atoms with Gasteiger partial charge in [0.25, 0.3) is 0 Å². The zero-order valence-electron chi connectivity index (χ0n) is 20.9. The number of para-hydroxylation sites is 1. The second-order valence-electron chi connectivity index (χ2n) is 10.9. The van der Waals surface area contributed by atoms with Crippen molar-refractivity contribution in [3.05, 3.63) is 30.3 Å². The minimum absolute atomic E-state index is 0.108. The highest BCUT2D eigenvalue weighted by molar-refractivity contribution is 5.96. The number of hydrogen-bond donors (Lipinski definition) is 1. The summed E-state index contributed by atoms with van der Waals surface area (Å²) in [5, 5.41) is 12.4. The number of carbonyl (C=O) groups is 3. The summed E-state index contributed by atoms with van der Waals surface area (Å²) in [4.78, 5) is 40.8. The van der Waals surface area contributed by atoms with Gasteiger partial charge in [0.15, 0.2) is 0 Å². The van der Waals surface area contributed by atoms with E-state index < -0.39 is 11.5 Å². The number of rotatable bonds is 5. The molecule has 7 heteroatoms. The summed E-state index contributed by atoms with van der Waals surface area (Å²) in [5.41, 5.74) is -0.380. The number of carbonyl (C=O) groups excluding carboxylic acids is 3. The molecule has 3 rings (SSSR count). The van der Waals surface area contributed by atoms with Crippen molar-refractivity contribution in [3.63, 3.8) is 0 Å². The van der Waals surface area contributed by atoms with Crippen molar-refractivity contribution in [2.45, 2.75) is 66.3 Å². The molecule has 0 spiro atoms. The van der Waals surface area contributed by atoms with Crippen LogP contribution in [0.25, 0.3) is 0 Å². The molecule has 1 heterocycles. The molecule has 0 radical (unpaired) electrons. The quantitative estimate of drug-likeness (QED) is 0.726. The van der Waals surface area contributed by atoms with Gasteiger partial charge in [-0.1, -0.05) is 58.7 Å². The van der Waals surface area contributed by atoms with Gasteiger partial charge in [-0.05, 0) is 36.8 Å². The van der Waals surface area contributed by atoms with Crippen LogP contribution in [0.15, 0.2) is 30.3 Å². The Morgan fingerprint density at radius 2 is 1.79 bits per heavy atom. The van der Waals surface area contributed by atoms with Crippen LogP contribution in [-0.4, -0.2) is 53.7 Å². The smallest absolute Gasteiger partial charge is 0.243 e. The van der Waals surface area contributed by atoms with Crippen LogP contribution in [0.5, 0.6) is 0 Å². The Morgan fingerprint density at radius 1 is 1.21 bits per heavy atom. The molecule has 1 aromatic carbocycles. The van der Waals surface area contributed by atoms with Crippen LogP contribution in [0.4, 0.5) is 5.69 Å². The van der Waals surface area contributed by atoms with Crippen molar-refractivity contribution in [2.24, 2.45) is 16.7 Å². The highest BCUT2D eigenvalue weighted by atomic mass is 16.2. The molecular weight excluding hydrogens is 416 g/mol. The molecule has 33 heavy (non-hydrogen) atoms. The molecule has 1 saturated heterocycles. The zero-order chi connectivity index (χ0) is 24.8. The lowest BCUT2D eigenvalue weighted by atomic mass is 9.87. The number of likely N-dealkylation sites (N-methyl/N-ethyl adjacent to an activating group) is 1. The summed E-state index contributed by atoms with van der Waals surface area (Å²) in [7, 11) is 1.59. The first-order valence-electron chi connectivity index (χ1n) is 11.6. The summed E-state index contributed by atoms with van der Waals surface area (Å²) < 4.78 is 0. The lowest BCUT2D eigenvalue weighted by Gasteiger charge is -2.27. The highest BCUT2D eigenvalue weighted by Gasteiger charge is 2.48. The largest absolute Gasteiger partial charge is 0.336 e.